The van der Waals surface area contributed by atoms with Crippen molar-refractivity contribution in [2.45, 2.75) is 26.5 Å². The Morgan fingerprint density at radius 2 is 2.20 bits per heavy atom. The van der Waals surface area contributed by atoms with Crippen LogP contribution in [0.3, 0.4) is 0 Å². The molecule has 0 aliphatic rings. The minimum absolute atomic E-state index is 0.275. The molecule has 0 unspecified atom stereocenters. The zero-order chi connectivity index (χ0) is 14.5. The molecule has 2 rings (SSSR count). The quantitative estimate of drug-likeness (QED) is 0.850. The Morgan fingerprint density at radius 3 is 2.90 bits per heavy atom. The van der Waals surface area contributed by atoms with Crippen molar-refractivity contribution in [3.8, 4) is 0 Å². The number of amides is 1. The summed E-state index contributed by atoms with van der Waals surface area (Å²) in [5, 5.41) is 17.2. The molecule has 2 aromatic rings. The van der Waals surface area contributed by atoms with Crippen LogP contribution in [0.25, 0.3) is 0 Å². The van der Waals surface area contributed by atoms with E-state index in [-0.39, 0.29) is 11.9 Å². The van der Waals surface area contributed by atoms with Crippen LogP contribution in [0.1, 0.15) is 29.3 Å². The number of thiazole rings is 1. The third kappa shape index (κ3) is 3.95. The molecular formula is C11H15N5O2S2. The van der Waals surface area contributed by atoms with Crippen LogP contribution in [0.2, 0.25) is 0 Å². The Kier molecular flexibility index (Phi) is 4.99. The predicted molar refractivity (Wildman–Crippen MR) is 79.4 cm³/mol. The van der Waals surface area contributed by atoms with E-state index in [1.165, 1.54) is 22.7 Å². The topological polar surface area (TPSA) is 89.0 Å². The predicted octanol–water partition coefficient (Wildman–Crippen LogP) is 2.21. The van der Waals surface area contributed by atoms with Gasteiger partial charge < -0.3 is 10.1 Å². The number of ether oxygens (including phenoxy) is 1. The number of hydrogen-bond donors (Lipinski definition) is 2. The molecule has 7 nitrogen and oxygen atoms in total. The van der Waals surface area contributed by atoms with Crippen molar-refractivity contribution >= 4 is 38.8 Å². The maximum absolute atomic E-state index is 12.0. The number of methoxy groups -OCH3 is 1. The first-order chi connectivity index (χ1) is 9.58. The normalized spacial score (nSPS) is 10.8. The number of anilines is 2. The summed E-state index contributed by atoms with van der Waals surface area (Å²) in [4.78, 5) is 16.2. The highest BCUT2D eigenvalue weighted by Gasteiger charge is 2.14. The highest BCUT2D eigenvalue weighted by Crippen LogP contribution is 2.19. The molecule has 2 heterocycles. The largest absolute Gasteiger partial charge is 0.377 e. The van der Waals surface area contributed by atoms with Gasteiger partial charge in [-0.25, -0.2) is 4.98 Å². The van der Waals surface area contributed by atoms with Gasteiger partial charge in [0, 0.05) is 18.5 Å². The number of nitrogens with zero attached hydrogens (tertiary/aromatic N) is 3. The lowest BCUT2D eigenvalue weighted by Gasteiger charge is -2.04. The minimum atomic E-state index is -0.293. The van der Waals surface area contributed by atoms with E-state index in [1.807, 2.05) is 13.8 Å². The summed E-state index contributed by atoms with van der Waals surface area (Å²) in [6.07, 6.45) is 0. The van der Waals surface area contributed by atoms with Crippen LogP contribution in [0.15, 0.2) is 5.38 Å². The van der Waals surface area contributed by atoms with Crippen LogP contribution >= 0.6 is 22.7 Å². The molecule has 2 aromatic heterocycles. The Hall–Kier alpha value is -1.58. The molecular weight excluding hydrogens is 298 g/mol. The summed E-state index contributed by atoms with van der Waals surface area (Å²) in [7, 11) is 1.58. The highest BCUT2D eigenvalue weighted by atomic mass is 32.1. The average Bonchev–Trinajstić information content (AvgIpc) is 2.99. The van der Waals surface area contributed by atoms with Crippen molar-refractivity contribution in [1.29, 1.82) is 0 Å². The van der Waals surface area contributed by atoms with Gasteiger partial charge in [-0.05, 0) is 13.8 Å². The van der Waals surface area contributed by atoms with Crippen LogP contribution < -0.4 is 10.6 Å². The zero-order valence-electron chi connectivity index (χ0n) is 11.3. The van der Waals surface area contributed by atoms with Crippen molar-refractivity contribution in [3.63, 3.8) is 0 Å². The number of rotatable bonds is 6. The fourth-order valence-corrected chi connectivity index (χ4v) is 2.88. The molecule has 1 amide bonds. The van der Waals surface area contributed by atoms with Gasteiger partial charge in [0.1, 0.15) is 17.3 Å². The van der Waals surface area contributed by atoms with Crippen molar-refractivity contribution < 1.29 is 9.53 Å². The van der Waals surface area contributed by atoms with Crippen molar-refractivity contribution in [2.75, 3.05) is 17.7 Å². The van der Waals surface area contributed by atoms with E-state index in [9.17, 15) is 4.79 Å². The summed E-state index contributed by atoms with van der Waals surface area (Å²) >= 11 is 2.67. The fraction of sp³-hybridized carbons (Fsp3) is 0.455. The van der Waals surface area contributed by atoms with Crippen molar-refractivity contribution in [3.05, 3.63) is 16.1 Å². The van der Waals surface area contributed by atoms with Crippen LogP contribution in [-0.2, 0) is 11.3 Å². The van der Waals surface area contributed by atoms with Gasteiger partial charge in [0.2, 0.25) is 5.13 Å². The van der Waals surface area contributed by atoms with Crippen LogP contribution in [0.4, 0.5) is 10.3 Å². The number of carbonyl (C=O) groups excluding carboxylic acids is 1. The van der Waals surface area contributed by atoms with Crippen molar-refractivity contribution in [2.24, 2.45) is 0 Å². The molecule has 0 saturated heterocycles. The number of hydrogen-bond acceptors (Lipinski definition) is 8. The Labute approximate surface area is 124 Å². The summed E-state index contributed by atoms with van der Waals surface area (Å²) in [5.74, 6) is -0.293. The fourth-order valence-electron chi connectivity index (χ4n) is 1.34. The van der Waals surface area contributed by atoms with Gasteiger partial charge in [0.25, 0.3) is 5.91 Å². The smallest absolute Gasteiger partial charge is 0.277 e. The summed E-state index contributed by atoms with van der Waals surface area (Å²) in [5.41, 5.74) is 0.363. The first kappa shape index (κ1) is 14.8. The molecule has 0 saturated carbocycles. The third-order valence-corrected chi connectivity index (χ3v) is 3.69. The Morgan fingerprint density at radius 1 is 1.40 bits per heavy atom. The first-order valence-corrected chi connectivity index (χ1v) is 7.63. The number of carbonyl (C=O) groups is 1. The SMILES string of the molecule is COCc1nnc(NC(=O)c2csc(NC(C)C)n2)s1. The van der Waals surface area contributed by atoms with E-state index in [4.69, 9.17) is 4.74 Å². The lowest BCUT2D eigenvalue weighted by molar-refractivity contribution is 0.102. The van der Waals surface area contributed by atoms with Gasteiger partial charge in [-0.1, -0.05) is 11.3 Å². The molecule has 0 aliphatic carbocycles. The molecule has 0 spiro atoms. The molecule has 108 valence electrons. The van der Waals surface area contributed by atoms with E-state index in [0.717, 1.165) is 5.13 Å². The van der Waals surface area contributed by atoms with Gasteiger partial charge >= 0.3 is 0 Å². The molecule has 0 aromatic carbocycles. The molecule has 0 radical (unpaired) electrons. The van der Waals surface area contributed by atoms with Gasteiger partial charge in [-0.15, -0.1) is 21.5 Å². The Bertz CT molecular complexity index is 581. The van der Waals surface area contributed by atoms with Crippen LogP contribution in [-0.4, -0.2) is 34.2 Å². The summed E-state index contributed by atoms with van der Waals surface area (Å²) in [6.45, 7) is 4.41. The number of nitrogens with one attached hydrogen (secondary N) is 2. The Balaban J connectivity index is 1.98. The molecule has 0 atom stereocenters. The molecule has 9 heteroatoms. The van der Waals surface area contributed by atoms with E-state index < -0.39 is 0 Å². The van der Waals surface area contributed by atoms with Crippen LogP contribution in [0.5, 0.6) is 0 Å². The van der Waals surface area contributed by atoms with E-state index in [0.29, 0.717) is 22.4 Å². The lowest BCUT2D eigenvalue weighted by Crippen LogP contribution is -2.13. The average molecular weight is 313 g/mol. The second-order valence-electron chi connectivity index (χ2n) is 4.23. The van der Waals surface area contributed by atoms with Crippen LogP contribution in [0, 0.1) is 0 Å². The van der Waals surface area contributed by atoms with Gasteiger partial charge in [0.05, 0.1) is 0 Å². The molecule has 0 fully saturated rings. The minimum Gasteiger partial charge on any atom is -0.377 e. The van der Waals surface area contributed by atoms with E-state index >= 15 is 0 Å². The number of aromatic nitrogens is 3. The first-order valence-electron chi connectivity index (χ1n) is 5.93. The summed E-state index contributed by atoms with van der Waals surface area (Å²) < 4.78 is 4.95. The maximum Gasteiger partial charge on any atom is 0.277 e. The molecule has 0 aliphatic heterocycles. The second kappa shape index (κ2) is 6.73. The van der Waals surface area contributed by atoms with Crippen molar-refractivity contribution in [1.82, 2.24) is 15.2 Å². The monoisotopic (exact) mass is 313 g/mol. The maximum atomic E-state index is 12.0. The van der Waals surface area contributed by atoms with Gasteiger partial charge in [-0.2, -0.15) is 0 Å². The highest BCUT2D eigenvalue weighted by molar-refractivity contribution is 7.15. The lowest BCUT2D eigenvalue weighted by atomic mass is 10.4. The third-order valence-electron chi connectivity index (χ3n) is 2.10. The van der Waals surface area contributed by atoms with E-state index in [2.05, 4.69) is 25.8 Å². The standard InChI is InChI=1S/C11H15N5O2S2/c1-6(2)12-10-13-7(5-19-10)9(17)14-11-16-15-8(20-11)4-18-3/h5-6H,4H2,1-3H3,(H,12,13)(H,14,16,17). The molecule has 20 heavy (non-hydrogen) atoms. The zero-order valence-corrected chi connectivity index (χ0v) is 13.0. The molecule has 2 N–H and O–H groups in total. The van der Waals surface area contributed by atoms with Gasteiger partial charge in [-0.3, -0.25) is 10.1 Å². The second-order valence-corrected chi connectivity index (χ2v) is 6.15. The van der Waals surface area contributed by atoms with E-state index in [1.54, 1.807) is 12.5 Å². The van der Waals surface area contributed by atoms with Gasteiger partial charge in [0.15, 0.2) is 5.13 Å². The summed E-state index contributed by atoms with van der Waals surface area (Å²) in [6, 6.07) is 0.275. The molecule has 0 bridgehead atoms.